The largest absolute Gasteiger partial charge is 0.488 e. The van der Waals surface area contributed by atoms with Crippen LogP contribution < -0.4 is 24.0 Å². The van der Waals surface area contributed by atoms with Gasteiger partial charge >= 0.3 is 0 Å². The number of carbonyl (C=O) groups excluding carboxylic acids is 1. The van der Waals surface area contributed by atoms with E-state index in [4.69, 9.17) is 14.2 Å². The maximum atomic E-state index is 13.4. The first-order chi connectivity index (χ1) is 32.1. The fourth-order valence-electron chi connectivity index (χ4n) is 8.25. The number of para-hydroxylation sites is 2. The smallest absolute Gasteiger partial charge is 0.193 e. The van der Waals surface area contributed by atoms with Crippen molar-refractivity contribution in [3.63, 3.8) is 0 Å². The van der Waals surface area contributed by atoms with Gasteiger partial charge in [-0.05, 0) is 198 Å². The maximum absolute atomic E-state index is 13.4. The van der Waals surface area contributed by atoms with E-state index >= 15 is 0 Å². The highest BCUT2D eigenvalue weighted by atomic mass is 16.5. The van der Waals surface area contributed by atoms with E-state index in [0.29, 0.717) is 22.6 Å². The summed E-state index contributed by atoms with van der Waals surface area (Å²) >= 11 is 0. The normalized spacial score (nSPS) is 12.9. The molecule has 0 radical (unpaired) electrons. The van der Waals surface area contributed by atoms with Crippen molar-refractivity contribution in [1.29, 1.82) is 0 Å². The number of carbonyl (C=O) groups is 1. The molecule has 7 aromatic rings. The number of unbranched alkanes of at least 4 members (excludes halogenated alkanes) is 3. The van der Waals surface area contributed by atoms with E-state index in [1.807, 2.05) is 72.8 Å². The molecule has 2 atom stereocenters. The zero-order valence-electron chi connectivity index (χ0n) is 39.7. The molecule has 0 aliphatic heterocycles. The quantitative estimate of drug-likeness (QED) is 0.0471. The monoisotopic (exact) mass is 879 g/mol. The molecule has 66 heavy (non-hydrogen) atoms. The molecule has 7 aromatic carbocycles. The highest BCUT2D eigenvalue weighted by Gasteiger charge is 2.25. The lowest BCUT2D eigenvalue weighted by atomic mass is 9.95. The average Bonchev–Trinajstić information content (AvgIpc) is 3.36. The molecule has 0 fully saturated rings. The Morgan fingerprint density at radius 3 is 1.09 bits per heavy atom. The van der Waals surface area contributed by atoms with Crippen LogP contribution in [-0.4, -0.2) is 17.0 Å². The van der Waals surface area contributed by atoms with Gasteiger partial charge in [-0.25, -0.2) is 0 Å². The first-order valence-electron chi connectivity index (χ1n) is 23.9. The first-order valence-corrected chi connectivity index (χ1v) is 23.9. The molecular formula is C60H66N2O4. The zero-order valence-corrected chi connectivity index (χ0v) is 39.7. The molecule has 340 valence electrons. The Morgan fingerprint density at radius 2 is 0.712 bits per heavy atom. The van der Waals surface area contributed by atoms with Crippen LogP contribution in [0.1, 0.15) is 115 Å². The lowest BCUT2D eigenvalue weighted by Crippen LogP contribution is -2.31. The van der Waals surface area contributed by atoms with Crippen LogP contribution in [0.3, 0.4) is 0 Å². The van der Waals surface area contributed by atoms with Crippen LogP contribution in [0.15, 0.2) is 182 Å². The summed E-state index contributed by atoms with van der Waals surface area (Å²) < 4.78 is 19.3. The van der Waals surface area contributed by atoms with Gasteiger partial charge in [-0.2, -0.15) is 0 Å². The summed E-state index contributed by atoms with van der Waals surface area (Å²) in [5, 5.41) is 0. The molecule has 0 saturated heterocycles. The standard InChI is InChI=1S/C60H66N2O4/c1-7-11-19-45-60(6,10-4)66-57-42-34-53(35-43-57)62(49-22-17-14-18-23-49)51-30-28-50(29-31-51)61(48-20-15-13-16-21-48)52-32-40-55(41-33-52)64-54-36-24-46(25-37-54)58(63)47-26-38-56(39-27-47)65-59(5,9-3)44-12-8-2/h13-18,20-43H,7-12,19,44-45H2,1-6H3. The summed E-state index contributed by atoms with van der Waals surface area (Å²) in [6.45, 7) is 13.2. The third kappa shape index (κ3) is 12.1. The first kappa shape index (κ1) is 47.2. The molecule has 0 spiro atoms. The second-order valence-corrected chi connectivity index (χ2v) is 17.7. The molecule has 6 heteroatoms. The minimum absolute atomic E-state index is 0.0457. The van der Waals surface area contributed by atoms with Gasteiger partial charge in [-0.3, -0.25) is 4.79 Å². The molecule has 0 amide bonds. The van der Waals surface area contributed by atoms with Gasteiger partial charge in [0.15, 0.2) is 5.78 Å². The molecule has 0 saturated carbocycles. The van der Waals surface area contributed by atoms with Gasteiger partial charge in [-0.1, -0.05) is 83.4 Å². The van der Waals surface area contributed by atoms with Gasteiger partial charge < -0.3 is 24.0 Å². The number of nitrogens with zero attached hydrogens (tertiary/aromatic N) is 2. The Morgan fingerprint density at radius 1 is 0.394 bits per heavy atom. The lowest BCUT2D eigenvalue weighted by molar-refractivity contribution is 0.0718. The molecule has 0 aromatic heterocycles. The van der Waals surface area contributed by atoms with Crippen molar-refractivity contribution >= 4 is 39.9 Å². The molecule has 0 bridgehead atoms. The second kappa shape index (κ2) is 22.4. The molecular weight excluding hydrogens is 813 g/mol. The topological polar surface area (TPSA) is 51.2 Å². The van der Waals surface area contributed by atoms with Crippen molar-refractivity contribution < 1.29 is 19.0 Å². The Labute approximate surface area is 393 Å². The second-order valence-electron chi connectivity index (χ2n) is 17.7. The van der Waals surface area contributed by atoms with Gasteiger partial charge in [0, 0.05) is 45.3 Å². The van der Waals surface area contributed by atoms with E-state index < -0.39 is 0 Å². The van der Waals surface area contributed by atoms with Gasteiger partial charge in [-0.15, -0.1) is 0 Å². The van der Waals surface area contributed by atoms with E-state index in [1.165, 1.54) is 19.3 Å². The van der Waals surface area contributed by atoms with Crippen LogP contribution in [0.25, 0.3) is 0 Å². The summed E-state index contributed by atoms with van der Waals surface area (Å²) in [6.07, 6.45) is 9.79. The van der Waals surface area contributed by atoms with Crippen LogP contribution in [0, 0.1) is 0 Å². The minimum atomic E-state index is -0.215. The number of hydrogen-bond donors (Lipinski definition) is 0. The fourth-order valence-corrected chi connectivity index (χ4v) is 8.25. The van der Waals surface area contributed by atoms with E-state index in [2.05, 4.69) is 161 Å². The van der Waals surface area contributed by atoms with Crippen LogP contribution in [-0.2, 0) is 0 Å². The highest BCUT2D eigenvalue weighted by Crippen LogP contribution is 2.40. The predicted octanol–water partition coefficient (Wildman–Crippen LogP) is 17.5. The van der Waals surface area contributed by atoms with Crippen molar-refractivity contribution in [3.05, 3.63) is 193 Å². The molecule has 2 unspecified atom stereocenters. The number of rotatable bonds is 23. The maximum Gasteiger partial charge on any atom is 0.193 e. The number of ether oxygens (including phenoxy) is 3. The van der Waals surface area contributed by atoms with Crippen molar-refractivity contribution in [2.45, 2.75) is 111 Å². The summed E-state index contributed by atoms with van der Waals surface area (Å²) in [5.74, 6) is 2.98. The van der Waals surface area contributed by atoms with Crippen molar-refractivity contribution in [2.24, 2.45) is 0 Å². The molecule has 0 heterocycles. The number of ketones is 1. The van der Waals surface area contributed by atoms with Crippen molar-refractivity contribution in [1.82, 2.24) is 0 Å². The van der Waals surface area contributed by atoms with Gasteiger partial charge in [0.25, 0.3) is 0 Å². The number of hydrogen-bond acceptors (Lipinski definition) is 6. The Hall–Kier alpha value is -6.79. The summed E-state index contributed by atoms with van der Waals surface area (Å²) in [4.78, 5) is 17.9. The average molecular weight is 879 g/mol. The van der Waals surface area contributed by atoms with E-state index in [-0.39, 0.29) is 17.0 Å². The van der Waals surface area contributed by atoms with Gasteiger partial charge in [0.05, 0.1) is 0 Å². The molecule has 7 rings (SSSR count). The third-order valence-corrected chi connectivity index (χ3v) is 12.6. The van der Waals surface area contributed by atoms with Crippen molar-refractivity contribution in [3.8, 4) is 23.0 Å². The summed E-state index contributed by atoms with van der Waals surface area (Å²) in [5.41, 5.74) is 7.03. The molecule has 0 aliphatic rings. The Bertz CT molecular complexity index is 2540. The Kier molecular flexibility index (Phi) is 16.0. The van der Waals surface area contributed by atoms with Crippen LogP contribution in [0.2, 0.25) is 0 Å². The Balaban J connectivity index is 1.05. The third-order valence-electron chi connectivity index (χ3n) is 12.6. The molecule has 0 N–H and O–H groups in total. The lowest BCUT2D eigenvalue weighted by Gasteiger charge is -2.31. The van der Waals surface area contributed by atoms with E-state index in [1.54, 1.807) is 0 Å². The fraction of sp³-hybridized carbons (Fsp3) is 0.283. The van der Waals surface area contributed by atoms with Crippen molar-refractivity contribution in [2.75, 3.05) is 9.80 Å². The molecule has 0 aliphatic carbocycles. The van der Waals surface area contributed by atoms with Crippen LogP contribution >= 0.6 is 0 Å². The number of benzene rings is 7. The number of anilines is 6. The summed E-state index contributed by atoms with van der Waals surface area (Å²) in [7, 11) is 0. The van der Waals surface area contributed by atoms with Gasteiger partial charge in [0.1, 0.15) is 34.2 Å². The highest BCUT2D eigenvalue weighted by molar-refractivity contribution is 6.09. The SMILES string of the molecule is CCCCCC(C)(CC)Oc1ccc(N(c2ccccc2)c2ccc(N(c3ccccc3)c3ccc(Oc4ccc(C(=O)c5ccc(OC(C)(CC)CCCC)cc5)cc4)cc3)cc2)cc1. The van der Waals surface area contributed by atoms with Crippen LogP contribution in [0.5, 0.6) is 23.0 Å². The van der Waals surface area contributed by atoms with E-state index in [0.717, 1.165) is 84.1 Å². The predicted molar refractivity (Wildman–Crippen MR) is 275 cm³/mol. The zero-order chi connectivity index (χ0) is 46.4. The summed E-state index contributed by atoms with van der Waals surface area (Å²) in [6, 6.07) is 61.0. The van der Waals surface area contributed by atoms with Gasteiger partial charge in [0.2, 0.25) is 0 Å². The molecule has 6 nitrogen and oxygen atoms in total. The van der Waals surface area contributed by atoms with E-state index in [9.17, 15) is 4.79 Å². The minimum Gasteiger partial charge on any atom is -0.488 e. The van der Waals surface area contributed by atoms with Crippen LogP contribution in [0.4, 0.5) is 34.1 Å².